The standard InChI is InChI=1S/C18H18N2O6/c1-24-15-8-6-12(20(22)23)10-14(15)19-18(21)9-7-13-11-25-16-4-2-3-5-17(16)26-13/h2-6,8,10,13H,7,9,11H2,1H3,(H,19,21)/t13-/m0/s1. The highest BCUT2D eigenvalue weighted by molar-refractivity contribution is 5.92. The molecule has 0 unspecified atom stereocenters. The van der Waals surface area contributed by atoms with Gasteiger partial charge in [-0.15, -0.1) is 0 Å². The van der Waals surface area contributed by atoms with Crippen molar-refractivity contribution in [2.75, 3.05) is 19.0 Å². The largest absolute Gasteiger partial charge is 0.495 e. The number of carbonyl (C=O) groups excluding carboxylic acids is 1. The van der Waals surface area contributed by atoms with Gasteiger partial charge in [-0.05, 0) is 24.6 Å². The van der Waals surface area contributed by atoms with Crippen LogP contribution in [0.25, 0.3) is 0 Å². The SMILES string of the molecule is COc1ccc([N+](=O)[O-])cc1NC(=O)CC[C@H]1COc2ccccc2O1. The van der Waals surface area contributed by atoms with Crippen molar-refractivity contribution in [3.63, 3.8) is 0 Å². The lowest BCUT2D eigenvalue weighted by Gasteiger charge is -2.26. The van der Waals surface area contributed by atoms with Gasteiger partial charge < -0.3 is 19.5 Å². The lowest BCUT2D eigenvalue weighted by atomic mass is 10.1. The van der Waals surface area contributed by atoms with E-state index in [0.29, 0.717) is 30.3 Å². The molecule has 0 spiro atoms. The molecule has 1 N–H and O–H groups in total. The molecule has 0 aliphatic carbocycles. The minimum atomic E-state index is -0.528. The molecule has 1 aliphatic heterocycles. The van der Waals surface area contributed by atoms with E-state index in [1.165, 1.54) is 25.3 Å². The van der Waals surface area contributed by atoms with E-state index in [0.717, 1.165) is 0 Å². The van der Waals surface area contributed by atoms with Gasteiger partial charge in [0.05, 0.1) is 17.7 Å². The molecular weight excluding hydrogens is 340 g/mol. The molecule has 1 heterocycles. The highest BCUT2D eigenvalue weighted by Crippen LogP contribution is 2.32. The Morgan fingerprint density at radius 2 is 2.08 bits per heavy atom. The molecule has 1 amide bonds. The number of carbonyl (C=O) groups is 1. The molecule has 2 aromatic rings. The fourth-order valence-electron chi connectivity index (χ4n) is 2.62. The molecule has 26 heavy (non-hydrogen) atoms. The molecule has 0 bridgehead atoms. The summed E-state index contributed by atoms with van der Waals surface area (Å²) in [6.07, 6.45) is 0.405. The van der Waals surface area contributed by atoms with E-state index in [4.69, 9.17) is 14.2 Å². The number of methoxy groups -OCH3 is 1. The summed E-state index contributed by atoms with van der Waals surface area (Å²) in [7, 11) is 1.43. The van der Waals surface area contributed by atoms with Crippen LogP contribution in [0.3, 0.4) is 0 Å². The van der Waals surface area contributed by atoms with E-state index in [2.05, 4.69) is 5.32 Å². The first-order valence-corrected chi connectivity index (χ1v) is 8.07. The van der Waals surface area contributed by atoms with Gasteiger partial charge >= 0.3 is 0 Å². The third-order valence-corrected chi connectivity index (χ3v) is 3.93. The molecule has 0 fully saturated rings. The van der Waals surface area contributed by atoms with Crippen LogP contribution < -0.4 is 19.5 Å². The molecule has 3 rings (SSSR count). The van der Waals surface area contributed by atoms with Crippen molar-refractivity contribution < 1.29 is 23.9 Å². The van der Waals surface area contributed by atoms with Crippen molar-refractivity contribution in [3.8, 4) is 17.2 Å². The van der Waals surface area contributed by atoms with Crippen molar-refractivity contribution in [1.29, 1.82) is 0 Å². The number of anilines is 1. The van der Waals surface area contributed by atoms with E-state index in [1.54, 1.807) is 0 Å². The number of nitrogens with one attached hydrogen (secondary N) is 1. The quantitative estimate of drug-likeness (QED) is 0.629. The molecule has 1 atom stereocenters. The van der Waals surface area contributed by atoms with Crippen LogP contribution in [0, 0.1) is 10.1 Å². The zero-order valence-corrected chi connectivity index (χ0v) is 14.1. The lowest BCUT2D eigenvalue weighted by molar-refractivity contribution is -0.384. The number of benzene rings is 2. The number of amides is 1. The second kappa shape index (κ2) is 7.73. The highest BCUT2D eigenvalue weighted by Gasteiger charge is 2.22. The molecule has 8 nitrogen and oxygen atoms in total. The van der Waals surface area contributed by atoms with E-state index < -0.39 is 4.92 Å². The Morgan fingerprint density at radius 3 is 2.81 bits per heavy atom. The van der Waals surface area contributed by atoms with Gasteiger partial charge in [-0.25, -0.2) is 0 Å². The van der Waals surface area contributed by atoms with E-state index in [9.17, 15) is 14.9 Å². The molecule has 0 saturated carbocycles. The highest BCUT2D eigenvalue weighted by atomic mass is 16.6. The Kier molecular flexibility index (Phi) is 5.21. The summed E-state index contributed by atoms with van der Waals surface area (Å²) in [6.45, 7) is 0.365. The fourth-order valence-corrected chi connectivity index (χ4v) is 2.62. The van der Waals surface area contributed by atoms with Crippen molar-refractivity contribution in [2.24, 2.45) is 0 Å². The maximum absolute atomic E-state index is 12.2. The summed E-state index contributed by atoms with van der Waals surface area (Å²) in [5, 5.41) is 13.5. The van der Waals surface area contributed by atoms with Crippen molar-refractivity contribution in [1.82, 2.24) is 0 Å². The Labute approximate surface area is 149 Å². The van der Waals surface area contributed by atoms with Crippen molar-refractivity contribution in [3.05, 3.63) is 52.6 Å². The maximum Gasteiger partial charge on any atom is 0.271 e. The second-order valence-corrected chi connectivity index (χ2v) is 5.73. The fraction of sp³-hybridized carbons (Fsp3) is 0.278. The number of hydrogen-bond donors (Lipinski definition) is 1. The van der Waals surface area contributed by atoms with Crippen LogP contribution in [0.15, 0.2) is 42.5 Å². The van der Waals surface area contributed by atoms with Crippen LogP contribution in [-0.2, 0) is 4.79 Å². The topological polar surface area (TPSA) is 99.9 Å². The lowest BCUT2D eigenvalue weighted by Crippen LogP contribution is -2.30. The first kappa shape index (κ1) is 17.5. The summed E-state index contributed by atoms with van der Waals surface area (Å²) in [5.41, 5.74) is 0.138. The number of ether oxygens (including phenoxy) is 3. The van der Waals surface area contributed by atoms with E-state index >= 15 is 0 Å². The Morgan fingerprint density at radius 1 is 1.31 bits per heavy atom. The average molecular weight is 358 g/mol. The number of nitro groups is 1. The van der Waals surface area contributed by atoms with Gasteiger partial charge in [-0.3, -0.25) is 14.9 Å². The molecule has 1 aliphatic rings. The summed E-state index contributed by atoms with van der Waals surface area (Å²) in [5.74, 6) is 1.42. The summed E-state index contributed by atoms with van der Waals surface area (Å²) >= 11 is 0. The van der Waals surface area contributed by atoms with Crippen LogP contribution in [0.1, 0.15) is 12.8 Å². The first-order chi connectivity index (χ1) is 12.6. The number of non-ortho nitro benzene ring substituents is 1. The van der Waals surface area contributed by atoms with Crippen molar-refractivity contribution >= 4 is 17.3 Å². The predicted octanol–water partition coefficient (Wildman–Crippen LogP) is 3.16. The number of nitro benzene ring substituents is 1. The normalized spacial score (nSPS) is 15.2. The Hall–Kier alpha value is -3.29. The van der Waals surface area contributed by atoms with Gasteiger partial charge in [0.15, 0.2) is 11.5 Å². The number of hydrogen-bond acceptors (Lipinski definition) is 6. The summed E-state index contributed by atoms with van der Waals surface area (Å²) in [4.78, 5) is 22.6. The first-order valence-electron chi connectivity index (χ1n) is 8.07. The molecular formula is C18H18N2O6. The molecule has 0 saturated heterocycles. The van der Waals surface area contributed by atoms with Crippen LogP contribution in [0.2, 0.25) is 0 Å². The van der Waals surface area contributed by atoms with Crippen LogP contribution in [-0.4, -0.2) is 30.7 Å². The van der Waals surface area contributed by atoms with Gasteiger partial charge in [-0.2, -0.15) is 0 Å². The predicted molar refractivity (Wildman–Crippen MR) is 93.9 cm³/mol. The van der Waals surface area contributed by atoms with Gasteiger partial charge in [0.1, 0.15) is 18.5 Å². The third-order valence-electron chi connectivity index (χ3n) is 3.93. The maximum atomic E-state index is 12.2. The minimum Gasteiger partial charge on any atom is -0.495 e. The molecule has 8 heteroatoms. The number of para-hydroxylation sites is 2. The minimum absolute atomic E-state index is 0.123. The smallest absolute Gasteiger partial charge is 0.271 e. The summed E-state index contributed by atoms with van der Waals surface area (Å²) < 4.78 is 16.6. The zero-order chi connectivity index (χ0) is 18.5. The van der Waals surface area contributed by atoms with Crippen molar-refractivity contribution in [2.45, 2.75) is 18.9 Å². The van der Waals surface area contributed by atoms with Crippen LogP contribution in [0.4, 0.5) is 11.4 Å². The second-order valence-electron chi connectivity index (χ2n) is 5.73. The Bertz CT molecular complexity index is 823. The van der Waals surface area contributed by atoms with Gasteiger partial charge in [0.2, 0.25) is 5.91 Å². The third kappa shape index (κ3) is 4.02. The Balaban J connectivity index is 1.58. The van der Waals surface area contributed by atoms with Crippen LogP contribution >= 0.6 is 0 Å². The molecule has 0 radical (unpaired) electrons. The molecule has 2 aromatic carbocycles. The van der Waals surface area contributed by atoms with Gasteiger partial charge in [0, 0.05) is 18.6 Å². The molecule has 0 aromatic heterocycles. The summed E-state index contributed by atoms with van der Waals surface area (Å²) in [6, 6.07) is 11.4. The number of rotatable bonds is 6. The van der Waals surface area contributed by atoms with Crippen LogP contribution in [0.5, 0.6) is 17.2 Å². The monoisotopic (exact) mass is 358 g/mol. The number of nitrogens with zero attached hydrogens (tertiary/aromatic N) is 1. The average Bonchev–Trinajstić information content (AvgIpc) is 2.66. The molecule has 136 valence electrons. The van der Waals surface area contributed by atoms with Gasteiger partial charge in [0.25, 0.3) is 5.69 Å². The number of fused-ring (bicyclic) bond motifs is 1. The van der Waals surface area contributed by atoms with Gasteiger partial charge in [-0.1, -0.05) is 12.1 Å². The van der Waals surface area contributed by atoms with E-state index in [1.807, 2.05) is 24.3 Å². The van der Waals surface area contributed by atoms with E-state index in [-0.39, 0.29) is 29.8 Å². The zero-order valence-electron chi connectivity index (χ0n) is 14.1.